The lowest BCUT2D eigenvalue weighted by Gasteiger charge is -2.35. The van der Waals surface area contributed by atoms with E-state index >= 15 is 0 Å². The molecule has 1 aromatic carbocycles. The SMILES string of the molecule is Cc1ccc(C(=O)NC2CCN(C(C)C(=O)Nc3ccc(Br)cc3F)CC2)s1. The van der Waals surface area contributed by atoms with E-state index in [2.05, 4.69) is 31.5 Å². The fourth-order valence-electron chi connectivity index (χ4n) is 3.24. The monoisotopic (exact) mass is 467 g/mol. The van der Waals surface area contributed by atoms with Crippen LogP contribution in [-0.2, 0) is 4.79 Å². The summed E-state index contributed by atoms with van der Waals surface area (Å²) in [6, 6.07) is 8.06. The normalized spacial score (nSPS) is 16.6. The highest BCUT2D eigenvalue weighted by Gasteiger charge is 2.28. The molecule has 1 saturated heterocycles. The highest BCUT2D eigenvalue weighted by molar-refractivity contribution is 9.10. The van der Waals surface area contributed by atoms with Crippen molar-refractivity contribution in [2.45, 2.75) is 38.8 Å². The van der Waals surface area contributed by atoms with Crippen molar-refractivity contribution >= 4 is 44.8 Å². The summed E-state index contributed by atoms with van der Waals surface area (Å²) in [5.74, 6) is -0.744. The first-order valence-electron chi connectivity index (χ1n) is 9.21. The molecular formula is C20H23BrFN3O2S. The highest BCUT2D eigenvalue weighted by Crippen LogP contribution is 2.21. The number of carbonyl (C=O) groups excluding carboxylic acids is 2. The standard InChI is InChI=1S/C20H23BrFN3O2S/c1-12-3-6-18(28-12)20(27)23-15-7-9-25(10-8-15)13(2)19(26)24-17-5-4-14(21)11-16(17)22/h3-6,11,13,15H,7-10H2,1-2H3,(H,23,27)(H,24,26). The zero-order chi connectivity index (χ0) is 20.3. The van der Waals surface area contributed by atoms with Gasteiger partial charge in [-0.05, 0) is 57.0 Å². The number of carbonyl (C=O) groups is 2. The van der Waals surface area contributed by atoms with Crippen LogP contribution in [-0.4, -0.2) is 41.9 Å². The second-order valence-electron chi connectivity index (χ2n) is 6.98. The Morgan fingerprint density at radius 2 is 1.96 bits per heavy atom. The molecule has 0 saturated carbocycles. The Bertz CT molecular complexity index is 865. The van der Waals surface area contributed by atoms with Crippen molar-refractivity contribution in [1.82, 2.24) is 10.2 Å². The molecule has 3 rings (SSSR count). The molecule has 1 atom stereocenters. The summed E-state index contributed by atoms with van der Waals surface area (Å²) < 4.78 is 14.6. The number of nitrogens with zero attached hydrogens (tertiary/aromatic N) is 1. The van der Waals surface area contributed by atoms with Gasteiger partial charge in [-0.3, -0.25) is 14.5 Å². The molecule has 0 aliphatic carbocycles. The molecule has 2 N–H and O–H groups in total. The van der Waals surface area contributed by atoms with E-state index in [1.54, 1.807) is 6.07 Å². The summed E-state index contributed by atoms with van der Waals surface area (Å²) in [5, 5.41) is 5.74. The second kappa shape index (κ2) is 9.15. The molecule has 5 nitrogen and oxygen atoms in total. The molecule has 8 heteroatoms. The van der Waals surface area contributed by atoms with Crippen molar-refractivity contribution in [2.24, 2.45) is 0 Å². The molecule has 1 fully saturated rings. The fourth-order valence-corrected chi connectivity index (χ4v) is 4.34. The van der Waals surface area contributed by atoms with Crippen LogP contribution in [0.3, 0.4) is 0 Å². The number of halogens is 2. The largest absolute Gasteiger partial charge is 0.349 e. The Labute approximate surface area is 176 Å². The quantitative estimate of drug-likeness (QED) is 0.693. The van der Waals surface area contributed by atoms with E-state index in [-0.39, 0.29) is 29.6 Å². The average molecular weight is 468 g/mol. The van der Waals surface area contributed by atoms with Crippen LogP contribution in [0.4, 0.5) is 10.1 Å². The van der Waals surface area contributed by atoms with Crippen LogP contribution in [0, 0.1) is 12.7 Å². The van der Waals surface area contributed by atoms with E-state index in [0.29, 0.717) is 17.6 Å². The molecule has 1 unspecified atom stereocenters. The van der Waals surface area contributed by atoms with Gasteiger partial charge in [0, 0.05) is 28.5 Å². The zero-order valence-electron chi connectivity index (χ0n) is 15.8. The van der Waals surface area contributed by atoms with Gasteiger partial charge in [-0.25, -0.2) is 4.39 Å². The maximum absolute atomic E-state index is 13.9. The maximum atomic E-state index is 13.9. The van der Waals surface area contributed by atoms with Gasteiger partial charge in [-0.15, -0.1) is 11.3 Å². The smallest absolute Gasteiger partial charge is 0.261 e. The van der Waals surface area contributed by atoms with Gasteiger partial charge in [-0.1, -0.05) is 15.9 Å². The number of rotatable bonds is 5. The van der Waals surface area contributed by atoms with Crippen molar-refractivity contribution < 1.29 is 14.0 Å². The number of nitrogens with one attached hydrogen (secondary N) is 2. The van der Waals surface area contributed by atoms with Crippen molar-refractivity contribution in [2.75, 3.05) is 18.4 Å². The number of benzene rings is 1. The summed E-state index contributed by atoms with van der Waals surface area (Å²) >= 11 is 4.69. The van der Waals surface area contributed by atoms with E-state index in [1.165, 1.54) is 23.5 Å². The Morgan fingerprint density at radius 3 is 2.57 bits per heavy atom. The molecule has 2 aromatic rings. The second-order valence-corrected chi connectivity index (χ2v) is 9.19. The van der Waals surface area contributed by atoms with Crippen LogP contribution in [0.1, 0.15) is 34.3 Å². The van der Waals surface area contributed by atoms with E-state index < -0.39 is 5.82 Å². The van der Waals surface area contributed by atoms with Gasteiger partial charge >= 0.3 is 0 Å². The van der Waals surface area contributed by atoms with E-state index in [9.17, 15) is 14.0 Å². The summed E-state index contributed by atoms with van der Waals surface area (Å²) in [7, 11) is 0. The van der Waals surface area contributed by atoms with Gasteiger partial charge in [0.15, 0.2) is 0 Å². The third kappa shape index (κ3) is 5.18. The first kappa shape index (κ1) is 21.0. The van der Waals surface area contributed by atoms with Gasteiger partial charge < -0.3 is 10.6 Å². The summed E-state index contributed by atoms with van der Waals surface area (Å²) in [6.07, 6.45) is 1.56. The van der Waals surface area contributed by atoms with E-state index in [4.69, 9.17) is 0 Å². The maximum Gasteiger partial charge on any atom is 0.261 e. The molecule has 1 aliphatic rings. The molecule has 28 heavy (non-hydrogen) atoms. The van der Waals surface area contributed by atoms with Crippen LogP contribution in [0.25, 0.3) is 0 Å². The average Bonchev–Trinajstić information content (AvgIpc) is 3.10. The third-order valence-corrected chi connectivity index (χ3v) is 6.44. The van der Waals surface area contributed by atoms with Gasteiger partial charge in [0.1, 0.15) is 5.82 Å². The van der Waals surface area contributed by atoms with Crippen LogP contribution in [0.5, 0.6) is 0 Å². The van der Waals surface area contributed by atoms with Gasteiger partial charge in [0.25, 0.3) is 5.91 Å². The summed E-state index contributed by atoms with van der Waals surface area (Å²) in [6.45, 7) is 5.20. The lowest BCUT2D eigenvalue weighted by Crippen LogP contribution is -2.50. The van der Waals surface area contributed by atoms with E-state index in [0.717, 1.165) is 22.6 Å². The van der Waals surface area contributed by atoms with Crippen LogP contribution in [0.15, 0.2) is 34.8 Å². The van der Waals surface area contributed by atoms with Crippen molar-refractivity contribution in [3.63, 3.8) is 0 Å². The molecule has 2 amide bonds. The lowest BCUT2D eigenvalue weighted by molar-refractivity contribution is -0.121. The number of amides is 2. The Kier molecular flexibility index (Phi) is 6.85. The minimum absolute atomic E-state index is 0.0342. The molecule has 150 valence electrons. The van der Waals surface area contributed by atoms with Gasteiger partial charge in [0.05, 0.1) is 16.6 Å². The molecule has 0 spiro atoms. The first-order valence-corrected chi connectivity index (χ1v) is 10.8. The molecule has 0 bridgehead atoms. The van der Waals surface area contributed by atoms with Crippen LogP contribution in [0.2, 0.25) is 0 Å². The molecule has 1 aromatic heterocycles. The molecule has 1 aliphatic heterocycles. The van der Waals surface area contributed by atoms with Crippen molar-refractivity contribution in [1.29, 1.82) is 0 Å². The highest BCUT2D eigenvalue weighted by atomic mass is 79.9. The number of piperidine rings is 1. The van der Waals surface area contributed by atoms with Gasteiger partial charge in [-0.2, -0.15) is 0 Å². The van der Waals surface area contributed by atoms with Crippen molar-refractivity contribution in [3.8, 4) is 0 Å². The molecular weight excluding hydrogens is 445 g/mol. The number of anilines is 1. The number of hydrogen-bond acceptors (Lipinski definition) is 4. The minimum Gasteiger partial charge on any atom is -0.349 e. The lowest BCUT2D eigenvalue weighted by atomic mass is 10.0. The molecule has 2 heterocycles. The van der Waals surface area contributed by atoms with Crippen molar-refractivity contribution in [3.05, 3.63) is 50.4 Å². The van der Waals surface area contributed by atoms with Crippen LogP contribution < -0.4 is 10.6 Å². The summed E-state index contributed by atoms with van der Waals surface area (Å²) in [4.78, 5) is 28.7. The number of likely N-dealkylation sites (tertiary alicyclic amines) is 1. The van der Waals surface area contributed by atoms with E-state index in [1.807, 2.05) is 26.0 Å². The minimum atomic E-state index is -0.472. The predicted octanol–water partition coefficient (Wildman–Crippen LogP) is 4.18. The van der Waals surface area contributed by atoms with Gasteiger partial charge in [0.2, 0.25) is 5.91 Å². The fraction of sp³-hybridized carbons (Fsp3) is 0.400. The number of thiophene rings is 1. The zero-order valence-corrected chi connectivity index (χ0v) is 18.2. The Hall–Kier alpha value is -1.77. The molecule has 0 radical (unpaired) electrons. The number of aryl methyl sites for hydroxylation is 1. The Morgan fingerprint density at radius 1 is 1.25 bits per heavy atom. The number of hydrogen-bond donors (Lipinski definition) is 2. The first-order chi connectivity index (χ1) is 13.3. The third-order valence-electron chi connectivity index (χ3n) is 4.95. The van der Waals surface area contributed by atoms with Crippen LogP contribution >= 0.6 is 27.3 Å². The summed E-state index contributed by atoms with van der Waals surface area (Å²) in [5.41, 5.74) is 0.174. The predicted molar refractivity (Wildman–Crippen MR) is 113 cm³/mol. The topological polar surface area (TPSA) is 61.4 Å². The Balaban J connectivity index is 1.49.